The van der Waals surface area contributed by atoms with Gasteiger partial charge in [0.25, 0.3) is 5.91 Å². The predicted molar refractivity (Wildman–Crippen MR) is 57.6 cm³/mol. The van der Waals surface area contributed by atoms with Crippen LogP contribution in [0, 0.1) is 6.92 Å². The van der Waals surface area contributed by atoms with Crippen molar-refractivity contribution in [3.8, 4) is 0 Å². The summed E-state index contributed by atoms with van der Waals surface area (Å²) in [5.41, 5.74) is 1.22. The van der Waals surface area contributed by atoms with E-state index in [1.807, 2.05) is 0 Å². The van der Waals surface area contributed by atoms with Crippen LogP contribution in [0.2, 0.25) is 0 Å². The minimum Gasteiger partial charge on any atom is -0.369 e. The highest BCUT2D eigenvalue weighted by Crippen LogP contribution is 2.27. The van der Waals surface area contributed by atoms with E-state index in [2.05, 4.69) is 10.1 Å². The normalized spacial score (nSPS) is 21.2. The highest BCUT2D eigenvalue weighted by atomic mass is 16.3. The molecular weight excluding hydrogens is 208 g/mol. The zero-order chi connectivity index (χ0) is 12.0. The Balaban J connectivity index is 2.45. The molecule has 0 aliphatic carbocycles. The van der Waals surface area contributed by atoms with Gasteiger partial charge in [0.1, 0.15) is 5.82 Å². The van der Waals surface area contributed by atoms with Crippen LogP contribution in [0.1, 0.15) is 19.7 Å². The van der Waals surface area contributed by atoms with Crippen molar-refractivity contribution in [1.29, 1.82) is 0 Å². The fraction of sp³-hybridized carbons (Fsp3) is 0.500. The first-order valence-corrected chi connectivity index (χ1v) is 5.00. The number of aryl methyl sites for hydroxylation is 2. The lowest BCUT2D eigenvalue weighted by molar-refractivity contribution is -0.115. The predicted octanol–water partition coefficient (Wildman–Crippen LogP) is 0.125. The van der Waals surface area contributed by atoms with E-state index < -0.39 is 6.23 Å². The van der Waals surface area contributed by atoms with Gasteiger partial charge in [-0.15, -0.1) is 0 Å². The van der Waals surface area contributed by atoms with Gasteiger partial charge in [0, 0.05) is 12.6 Å². The second-order valence-electron chi connectivity index (χ2n) is 3.94. The van der Waals surface area contributed by atoms with Gasteiger partial charge in [-0.05, 0) is 26.3 Å². The van der Waals surface area contributed by atoms with Gasteiger partial charge < -0.3 is 5.11 Å². The first-order valence-electron chi connectivity index (χ1n) is 5.00. The molecule has 1 aliphatic heterocycles. The Morgan fingerprint density at radius 2 is 1.94 bits per heavy atom. The first-order chi connectivity index (χ1) is 7.43. The second-order valence-corrected chi connectivity index (χ2v) is 3.94. The number of aliphatic hydroxyl groups excluding tert-OH is 1. The minimum atomic E-state index is -0.935. The lowest BCUT2D eigenvalue weighted by Crippen LogP contribution is -2.37. The standard InChI is InChI=1S/C10H14N4O2/c1-5-6(2)9(16)14(8(5)15)10-11-7(3)12-13(10)4/h8,15H,1-4H3. The monoisotopic (exact) mass is 222 g/mol. The summed E-state index contributed by atoms with van der Waals surface area (Å²) in [6.45, 7) is 5.18. The molecule has 1 aromatic heterocycles. The molecule has 0 fully saturated rings. The molecule has 2 heterocycles. The molecule has 86 valence electrons. The molecule has 2 rings (SSSR count). The smallest absolute Gasteiger partial charge is 0.258 e. The summed E-state index contributed by atoms with van der Waals surface area (Å²) < 4.78 is 1.49. The fourth-order valence-corrected chi connectivity index (χ4v) is 1.76. The zero-order valence-corrected chi connectivity index (χ0v) is 9.72. The molecule has 1 atom stereocenters. The number of hydrogen-bond donors (Lipinski definition) is 1. The van der Waals surface area contributed by atoms with Gasteiger partial charge in [-0.3, -0.25) is 4.79 Å². The van der Waals surface area contributed by atoms with E-state index in [0.29, 0.717) is 22.9 Å². The molecule has 6 heteroatoms. The van der Waals surface area contributed by atoms with Crippen molar-refractivity contribution < 1.29 is 9.90 Å². The number of nitrogens with zero attached hydrogens (tertiary/aromatic N) is 4. The Kier molecular flexibility index (Phi) is 2.31. The molecule has 1 aliphatic rings. The number of aromatic nitrogens is 3. The summed E-state index contributed by atoms with van der Waals surface area (Å²) in [5, 5.41) is 14.0. The maximum atomic E-state index is 11.9. The van der Waals surface area contributed by atoms with Gasteiger partial charge in [-0.25, -0.2) is 9.58 Å². The Morgan fingerprint density at radius 1 is 1.31 bits per heavy atom. The van der Waals surface area contributed by atoms with E-state index in [-0.39, 0.29) is 5.91 Å². The van der Waals surface area contributed by atoms with E-state index >= 15 is 0 Å². The van der Waals surface area contributed by atoms with Crippen LogP contribution in [0.25, 0.3) is 0 Å². The summed E-state index contributed by atoms with van der Waals surface area (Å²) in [6.07, 6.45) is -0.935. The largest absolute Gasteiger partial charge is 0.369 e. The van der Waals surface area contributed by atoms with Crippen molar-refractivity contribution in [2.24, 2.45) is 7.05 Å². The van der Waals surface area contributed by atoms with E-state index in [0.717, 1.165) is 0 Å². The van der Waals surface area contributed by atoms with Crippen LogP contribution >= 0.6 is 0 Å². The van der Waals surface area contributed by atoms with Gasteiger partial charge in [0.2, 0.25) is 5.95 Å². The van der Waals surface area contributed by atoms with Crippen molar-refractivity contribution in [2.75, 3.05) is 4.90 Å². The maximum Gasteiger partial charge on any atom is 0.258 e. The Morgan fingerprint density at radius 3 is 2.31 bits per heavy atom. The quantitative estimate of drug-likeness (QED) is 0.733. The van der Waals surface area contributed by atoms with E-state index in [4.69, 9.17) is 0 Å². The van der Waals surface area contributed by atoms with Crippen molar-refractivity contribution in [1.82, 2.24) is 14.8 Å². The van der Waals surface area contributed by atoms with Gasteiger partial charge in [0.15, 0.2) is 6.23 Å². The molecule has 1 N–H and O–H groups in total. The minimum absolute atomic E-state index is 0.222. The van der Waals surface area contributed by atoms with Crippen LogP contribution in [0.4, 0.5) is 5.95 Å². The van der Waals surface area contributed by atoms with Gasteiger partial charge >= 0.3 is 0 Å². The molecule has 0 saturated heterocycles. The third kappa shape index (κ3) is 1.34. The number of carbonyl (C=O) groups excluding carboxylic acids is 1. The average Bonchev–Trinajstić information content (AvgIpc) is 2.63. The summed E-state index contributed by atoms with van der Waals surface area (Å²) in [6, 6.07) is 0. The fourth-order valence-electron chi connectivity index (χ4n) is 1.76. The van der Waals surface area contributed by atoms with E-state index in [1.165, 1.54) is 9.58 Å². The molecular formula is C10H14N4O2. The summed E-state index contributed by atoms with van der Waals surface area (Å²) >= 11 is 0. The highest BCUT2D eigenvalue weighted by Gasteiger charge is 2.37. The van der Waals surface area contributed by atoms with Crippen LogP contribution in [0.3, 0.4) is 0 Å². The topological polar surface area (TPSA) is 71.2 Å². The summed E-state index contributed by atoms with van der Waals surface area (Å²) in [7, 11) is 1.69. The first kappa shape index (κ1) is 10.8. The van der Waals surface area contributed by atoms with E-state index in [1.54, 1.807) is 27.8 Å². The number of amides is 1. The van der Waals surface area contributed by atoms with Crippen molar-refractivity contribution in [2.45, 2.75) is 27.0 Å². The lowest BCUT2D eigenvalue weighted by Gasteiger charge is -2.19. The number of aliphatic hydroxyl groups is 1. The van der Waals surface area contributed by atoms with E-state index in [9.17, 15) is 9.90 Å². The van der Waals surface area contributed by atoms with Crippen molar-refractivity contribution in [3.05, 3.63) is 17.0 Å². The number of rotatable bonds is 1. The van der Waals surface area contributed by atoms with Crippen LogP contribution in [-0.4, -0.2) is 32.0 Å². The molecule has 0 bridgehead atoms. The van der Waals surface area contributed by atoms with Crippen LogP contribution in [0.5, 0.6) is 0 Å². The molecule has 0 aromatic carbocycles. The Labute approximate surface area is 93.2 Å². The Bertz CT molecular complexity index is 489. The summed E-state index contributed by atoms with van der Waals surface area (Å²) in [4.78, 5) is 17.3. The highest BCUT2D eigenvalue weighted by molar-refractivity contribution is 6.08. The average molecular weight is 222 g/mol. The SMILES string of the molecule is CC1=C(C)C(O)N(c2nc(C)nn2C)C1=O. The molecule has 16 heavy (non-hydrogen) atoms. The molecule has 0 spiro atoms. The molecule has 6 nitrogen and oxygen atoms in total. The van der Waals surface area contributed by atoms with Crippen LogP contribution in [-0.2, 0) is 11.8 Å². The molecule has 1 unspecified atom stereocenters. The van der Waals surface area contributed by atoms with Crippen LogP contribution < -0.4 is 4.90 Å². The number of anilines is 1. The summed E-state index contributed by atoms with van der Waals surface area (Å²) in [5.74, 6) is 0.714. The zero-order valence-electron chi connectivity index (χ0n) is 9.72. The van der Waals surface area contributed by atoms with Gasteiger partial charge in [-0.2, -0.15) is 10.1 Å². The van der Waals surface area contributed by atoms with Gasteiger partial charge in [-0.1, -0.05) is 0 Å². The lowest BCUT2D eigenvalue weighted by atomic mass is 10.2. The van der Waals surface area contributed by atoms with Crippen molar-refractivity contribution >= 4 is 11.9 Å². The maximum absolute atomic E-state index is 11.9. The molecule has 1 aromatic rings. The third-order valence-corrected chi connectivity index (χ3v) is 2.82. The number of hydrogen-bond acceptors (Lipinski definition) is 4. The molecule has 1 amide bonds. The Hall–Kier alpha value is -1.69. The van der Waals surface area contributed by atoms with Gasteiger partial charge in [0.05, 0.1) is 0 Å². The van der Waals surface area contributed by atoms with Crippen molar-refractivity contribution in [3.63, 3.8) is 0 Å². The molecule has 0 radical (unpaired) electrons. The second kappa shape index (κ2) is 3.41. The number of carbonyl (C=O) groups is 1. The molecule has 0 saturated carbocycles. The third-order valence-electron chi connectivity index (χ3n) is 2.82. The van der Waals surface area contributed by atoms with Crippen LogP contribution in [0.15, 0.2) is 11.1 Å².